The Kier molecular flexibility index (Phi) is 5.84. The van der Waals surface area contributed by atoms with Gasteiger partial charge in [0.25, 0.3) is 11.8 Å². The van der Waals surface area contributed by atoms with E-state index in [4.69, 9.17) is 0 Å². The first kappa shape index (κ1) is 19.3. The number of hydrogen-bond acceptors (Lipinski definition) is 3. The van der Waals surface area contributed by atoms with Crippen LogP contribution in [0.5, 0.6) is 0 Å². The molecule has 1 heterocycles. The molecule has 5 nitrogen and oxygen atoms in total. The zero-order valence-corrected chi connectivity index (χ0v) is 16.2. The van der Waals surface area contributed by atoms with Crippen LogP contribution < -0.4 is 10.6 Å². The van der Waals surface area contributed by atoms with Gasteiger partial charge >= 0.3 is 0 Å². The quantitative estimate of drug-likeness (QED) is 0.704. The third-order valence-corrected chi connectivity index (χ3v) is 4.60. The van der Waals surface area contributed by atoms with E-state index >= 15 is 0 Å². The minimum atomic E-state index is -0.315. The molecule has 2 N–H and O–H groups in total. The SMILES string of the molecule is Cc1ccc(C)c(NC(=O)c2ccnc(C(=O)NCc3ccccc3C)c2)c1. The molecule has 0 saturated heterocycles. The average Bonchev–Trinajstić information content (AvgIpc) is 2.70. The summed E-state index contributed by atoms with van der Waals surface area (Å²) in [6, 6.07) is 16.8. The van der Waals surface area contributed by atoms with Crippen molar-refractivity contribution in [3.63, 3.8) is 0 Å². The van der Waals surface area contributed by atoms with Gasteiger partial charge in [-0.05, 0) is 61.2 Å². The minimum absolute atomic E-state index is 0.210. The molecule has 2 aromatic carbocycles. The molecule has 28 heavy (non-hydrogen) atoms. The van der Waals surface area contributed by atoms with Crippen LogP contribution in [0.1, 0.15) is 43.1 Å². The van der Waals surface area contributed by atoms with Gasteiger partial charge in [-0.3, -0.25) is 14.6 Å². The fraction of sp³-hybridized carbons (Fsp3) is 0.174. The highest BCUT2D eigenvalue weighted by atomic mass is 16.2. The Balaban J connectivity index is 1.70. The standard InChI is InChI=1S/C23H23N3O2/c1-15-8-9-17(3)20(12-15)26-22(27)18-10-11-24-21(13-18)23(28)25-14-19-7-5-4-6-16(19)2/h4-13H,14H2,1-3H3,(H,25,28)(H,26,27). The number of carbonyl (C=O) groups excluding carboxylic acids is 2. The van der Waals surface area contributed by atoms with Gasteiger partial charge in [0.05, 0.1) is 0 Å². The van der Waals surface area contributed by atoms with E-state index in [1.54, 1.807) is 6.07 Å². The number of nitrogens with zero attached hydrogens (tertiary/aromatic N) is 1. The molecule has 0 radical (unpaired) electrons. The van der Waals surface area contributed by atoms with Crippen LogP contribution in [0.3, 0.4) is 0 Å². The first-order valence-electron chi connectivity index (χ1n) is 9.11. The first-order valence-corrected chi connectivity index (χ1v) is 9.11. The lowest BCUT2D eigenvalue weighted by atomic mass is 10.1. The highest BCUT2D eigenvalue weighted by Gasteiger charge is 2.13. The van der Waals surface area contributed by atoms with E-state index < -0.39 is 0 Å². The van der Waals surface area contributed by atoms with E-state index in [2.05, 4.69) is 15.6 Å². The second-order valence-corrected chi connectivity index (χ2v) is 6.81. The number of pyridine rings is 1. The summed E-state index contributed by atoms with van der Waals surface area (Å²) in [6.07, 6.45) is 1.47. The van der Waals surface area contributed by atoms with Crippen molar-refractivity contribution in [2.75, 3.05) is 5.32 Å². The lowest BCUT2D eigenvalue weighted by Gasteiger charge is -2.10. The van der Waals surface area contributed by atoms with Gasteiger partial charge in [-0.15, -0.1) is 0 Å². The number of carbonyl (C=O) groups is 2. The summed E-state index contributed by atoms with van der Waals surface area (Å²) in [5.41, 5.74) is 5.54. The number of anilines is 1. The zero-order chi connectivity index (χ0) is 20.1. The van der Waals surface area contributed by atoms with Crippen molar-refractivity contribution in [3.8, 4) is 0 Å². The van der Waals surface area contributed by atoms with Gasteiger partial charge in [0, 0.05) is 24.0 Å². The monoisotopic (exact) mass is 373 g/mol. The Labute approximate surface area is 164 Å². The number of benzene rings is 2. The van der Waals surface area contributed by atoms with Gasteiger partial charge in [-0.1, -0.05) is 36.4 Å². The number of aromatic nitrogens is 1. The largest absolute Gasteiger partial charge is 0.347 e. The van der Waals surface area contributed by atoms with Crippen molar-refractivity contribution in [3.05, 3.63) is 94.3 Å². The summed E-state index contributed by atoms with van der Waals surface area (Å²) in [5.74, 6) is -0.589. The first-order chi connectivity index (χ1) is 13.4. The molecule has 1 aromatic heterocycles. The molecule has 142 valence electrons. The van der Waals surface area contributed by atoms with Crippen molar-refractivity contribution in [2.24, 2.45) is 0 Å². The van der Waals surface area contributed by atoms with Crippen molar-refractivity contribution < 1.29 is 9.59 Å². The third kappa shape index (κ3) is 4.62. The molecule has 0 fully saturated rings. The minimum Gasteiger partial charge on any atom is -0.347 e. The molecule has 0 spiro atoms. The highest BCUT2D eigenvalue weighted by Crippen LogP contribution is 2.17. The Bertz CT molecular complexity index is 1030. The number of hydrogen-bond donors (Lipinski definition) is 2. The van der Waals surface area contributed by atoms with E-state index in [0.717, 1.165) is 27.9 Å². The van der Waals surface area contributed by atoms with Gasteiger partial charge in [-0.25, -0.2) is 0 Å². The number of rotatable bonds is 5. The van der Waals surface area contributed by atoms with Gasteiger partial charge in [0.15, 0.2) is 0 Å². The van der Waals surface area contributed by atoms with Crippen molar-refractivity contribution in [2.45, 2.75) is 27.3 Å². The summed E-state index contributed by atoms with van der Waals surface area (Å²) in [6.45, 7) is 6.31. The Morgan fingerprint density at radius 3 is 2.46 bits per heavy atom. The maximum absolute atomic E-state index is 12.6. The Morgan fingerprint density at radius 1 is 0.893 bits per heavy atom. The molecular weight excluding hydrogens is 350 g/mol. The van der Waals surface area contributed by atoms with Gasteiger partial charge in [0.1, 0.15) is 5.69 Å². The second kappa shape index (κ2) is 8.48. The predicted octanol–water partition coefficient (Wildman–Crippen LogP) is 4.19. The summed E-state index contributed by atoms with van der Waals surface area (Å²) in [7, 11) is 0. The third-order valence-electron chi connectivity index (χ3n) is 4.60. The van der Waals surface area contributed by atoms with Crippen molar-refractivity contribution in [1.82, 2.24) is 10.3 Å². The molecule has 0 aliphatic carbocycles. The van der Waals surface area contributed by atoms with E-state index in [0.29, 0.717) is 12.1 Å². The fourth-order valence-electron chi connectivity index (χ4n) is 2.84. The zero-order valence-electron chi connectivity index (χ0n) is 16.2. The second-order valence-electron chi connectivity index (χ2n) is 6.81. The normalized spacial score (nSPS) is 10.4. The Hall–Kier alpha value is -3.47. The number of amides is 2. The van der Waals surface area contributed by atoms with Crippen LogP contribution in [0, 0.1) is 20.8 Å². The molecule has 0 aliphatic heterocycles. The maximum Gasteiger partial charge on any atom is 0.270 e. The summed E-state index contributed by atoms with van der Waals surface area (Å²) < 4.78 is 0. The van der Waals surface area contributed by atoms with Crippen LogP contribution in [0.15, 0.2) is 60.8 Å². The van der Waals surface area contributed by atoms with Crippen LogP contribution >= 0.6 is 0 Å². The predicted molar refractivity (Wildman–Crippen MR) is 110 cm³/mol. The molecular formula is C23H23N3O2. The van der Waals surface area contributed by atoms with Crippen LogP contribution in [-0.4, -0.2) is 16.8 Å². The van der Waals surface area contributed by atoms with Crippen LogP contribution in [0.25, 0.3) is 0 Å². The maximum atomic E-state index is 12.6. The topological polar surface area (TPSA) is 71.1 Å². The average molecular weight is 373 g/mol. The molecule has 3 rings (SSSR count). The van der Waals surface area contributed by atoms with Crippen molar-refractivity contribution in [1.29, 1.82) is 0 Å². The van der Waals surface area contributed by atoms with E-state index in [1.165, 1.54) is 12.3 Å². The van der Waals surface area contributed by atoms with E-state index in [1.807, 2.05) is 63.2 Å². The molecule has 0 saturated carbocycles. The molecule has 0 bridgehead atoms. The van der Waals surface area contributed by atoms with Crippen molar-refractivity contribution >= 4 is 17.5 Å². The summed E-state index contributed by atoms with van der Waals surface area (Å²) >= 11 is 0. The molecule has 0 atom stereocenters. The highest BCUT2D eigenvalue weighted by molar-refractivity contribution is 6.06. The number of nitrogens with one attached hydrogen (secondary N) is 2. The van der Waals surface area contributed by atoms with Crippen LogP contribution in [-0.2, 0) is 6.54 Å². The Morgan fingerprint density at radius 2 is 1.68 bits per heavy atom. The lowest BCUT2D eigenvalue weighted by Crippen LogP contribution is -2.24. The smallest absolute Gasteiger partial charge is 0.270 e. The fourth-order valence-corrected chi connectivity index (χ4v) is 2.84. The van der Waals surface area contributed by atoms with Gasteiger partial charge in [0.2, 0.25) is 0 Å². The summed E-state index contributed by atoms with van der Waals surface area (Å²) in [5, 5.41) is 5.76. The molecule has 5 heteroatoms. The summed E-state index contributed by atoms with van der Waals surface area (Å²) in [4.78, 5) is 29.2. The molecule has 0 aliphatic rings. The van der Waals surface area contributed by atoms with Gasteiger partial charge < -0.3 is 10.6 Å². The number of aryl methyl sites for hydroxylation is 3. The molecule has 2 amide bonds. The van der Waals surface area contributed by atoms with Gasteiger partial charge in [-0.2, -0.15) is 0 Å². The van der Waals surface area contributed by atoms with E-state index in [-0.39, 0.29) is 17.5 Å². The van der Waals surface area contributed by atoms with Crippen LogP contribution in [0.2, 0.25) is 0 Å². The molecule has 0 unspecified atom stereocenters. The van der Waals surface area contributed by atoms with E-state index in [9.17, 15) is 9.59 Å². The lowest BCUT2D eigenvalue weighted by molar-refractivity contribution is 0.0946. The molecule has 3 aromatic rings. The van der Waals surface area contributed by atoms with Crippen LogP contribution in [0.4, 0.5) is 5.69 Å².